The first-order valence-corrected chi connectivity index (χ1v) is 29.7. The van der Waals surface area contributed by atoms with Crippen LogP contribution in [0.3, 0.4) is 0 Å². The van der Waals surface area contributed by atoms with Crippen molar-refractivity contribution in [1.82, 2.24) is 0 Å². The summed E-state index contributed by atoms with van der Waals surface area (Å²) >= 11 is 0. The van der Waals surface area contributed by atoms with Crippen molar-refractivity contribution in [3.05, 3.63) is 198 Å². The molecule has 8 aromatic rings. The Hall–Kier alpha value is -6.56. The van der Waals surface area contributed by atoms with Crippen molar-refractivity contribution < 1.29 is 0 Å². The van der Waals surface area contributed by atoms with E-state index in [4.69, 9.17) is 0 Å². The SMILES string of the molecule is CC(C)(C)c1cccc(C(C)(C)C)c1N1c2ccc([Si](C)(C)C)cc2B2c3ccc(N(c4ccccc4)c4ccccc4)cc3N(c3c(C(C)(C)C)cccc3C(C)(C)C)c3cc(-c4ccccc4)cc1c32. The molecule has 8 aromatic carbocycles. The first kappa shape index (κ1) is 49.0. The average Bonchev–Trinajstić information content (AvgIpc) is 3.33. The standard InChI is InChI=1S/C67H74BN3Si/c1-64(2,3)51-33-25-34-52(65(4,5)6)62(51)70-57-40-38-50(72(13,14)15)44-56(57)68-55-39-37-49(69(47-29-21-17-22-30-47)48-31-23-18-24-32-48)43-58(55)71(63-53(66(7,8)9)35-26-36-54(63)67(10,11)12)60-42-46(41-59(70)61(60)68)45-27-19-16-20-28-45/h16-44H,1-15H3. The van der Waals surface area contributed by atoms with Crippen molar-refractivity contribution in [1.29, 1.82) is 0 Å². The van der Waals surface area contributed by atoms with Crippen molar-refractivity contribution in [2.75, 3.05) is 14.7 Å². The van der Waals surface area contributed by atoms with Crippen LogP contribution >= 0.6 is 0 Å². The highest BCUT2D eigenvalue weighted by Gasteiger charge is 2.47. The smallest absolute Gasteiger partial charge is 0.252 e. The fourth-order valence-corrected chi connectivity index (χ4v) is 12.6. The molecule has 0 spiro atoms. The molecular weight excluding hydrogens is 886 g/mol. The number of nitrogens with zero attached hydrogens (tertiary/aromatic N) is 3. The molecule has 0 aromatic heterocycles. The summed E-state index contributed by atoms with van der Waals surface area (Å²) in [7, 11) is -1.81. The highest BCUT2D eigenvalue weighted by molar-refractivity contribution is 7.01. The van der Waals surface area contributed by atoms with Crippen molar-refractivity contribution in [2.45, 2.75) is 124 Å². The first-order valence-electron chi connectivity index (χ1n) is 26.2. The topological polar surface area (TPSA) is 9.72 Å². The van der Waals surface area contributed by atoms with Gasteiger partial charge in [-0.2, -0.15) is 0 Å². The number of fused-ring (bicyclic) bond motifs is 4. The molecule has 0 saturated heterocycles. The zero-order valence-electron chi connectivity index (χ0n) is 45.7. The fraction of sp³-hybridized carbons (Fsp3) is 0.284. The van der Waals surface area contributed by atoms with E-state index in [-0.39, 0.29) is 28.4 Å². The molecule has 364 valence electrons. The van der Waals surface area contributed by atoms with Gasteiger partial charge in [0.15, 0.2) is 0 Å². The number of hydrogen-bond acceptors (Lipinski definition) is 3. The Morgan fingerprint density at radius 3 is 1.22 bits per heavy atom. The third-order valence-electron chi connectivity index (χ3n) is 15.1. The van der Waals surface area contributed by atoms with Gasteiger partial charge >= 0.3 is 0 Å². The van der Waals surface area contributed by atoms with E-state index in [0.717, 1.165) is 17.1 Å². The van der Waals surface area contributed by atoms with E-state index in [2.05, 4.69) is 293 Å². The molecule has 0 fully saturated rings. The molecule has 10 rings (SSSR count). The maximum absolute atomic E-state index is 2.72. The van der Waals surface area contributed by atoms with Crippen molar-refractivity contribution in [3.8, 4) is 11.1 Å². The molecule has 0 N–H and O–H groups in total. The monoisotopic (exact) mass is 960 g/mol. The van der Waals surface area contributed by atoms with Crippen LogP contribution in [0.15, 0.2) is 176 Å². The lowest BCUT2D eigenvalue weighted by Crippen LogP contribution is -2.62. The van der Waals surface area contributed by atoms with Crippen LogP contribution < -0.4 is 36.3 Å². The molecule has 0 saturated carbocycles. The second-order valence-corrected chi connectivity index (χ2v) is 30.7. The van der Waals surface area contributed by atoms with E-state index in [1.165, 1.54) is 89.1 Å². The van der Waals surface area contributed by atoms with Gasteiger partial charge in [-0.25, -0.2) is 0 Å². The number of hydrogen-bond donors (Lipinski definition) is 0. The molecule has 0 aliphatic carbocycles. The highest BCUT2D eigenvalue weighted by atomic mass is 28.3. The number of benzene rings is 8. The number of rotatable bonds is 7. The van der Waals surface area contributed by atoms with Crippen molar-refractivity contribution in [2.24, 2.45) is 0 Å². The third kappa shape index (κ3) is 8.62. The normalized spacial score (nSPS) is 13.7. The fourth-order valence-electron chi connectivity index (χ4n) is 11.5. The molecule has 2 aliphatic heterocycles. The molecule has 2 aliphatic rings. The van der Waals surface area contributed by atoms with E-state index in [9.17, 15) is 0 Å². The Kier molecular flexibility index (Phi) is 12.0. The molecule has 0 radical (unpaired) electrons. The number of para-hydroxylation sites is 4. The largest absolute Gasteiger partial charge is 0.311 e. The summed E-state index contributed by atoms with van der Waals surface area (Å²) in [5, 5.41) is 1.47. The maximum Gasteiger partial charge on any atom is 0.252 e. The quantitative estimate of drug-likeness (QED) is 0.147. The summed E-state index contributed by atoms with van der Waals surface area (Å²) in [6.45, 7) is 36.1. The van der Waals surface area contributed by atoms with E-state index in [1.54, 1.807) is 0 Å². The molecule has 72 heavy (non-hydrogen) atoms. The summed E-state index contributed by atoms with van der Waals surface area (Å²) < 4.78 is 0. The molecule has 3 nitrogen and oxygen atoms in total. The van der Waals surface area contributed by atoms with E-state index in [0.29, 0.717) is 0 Å². The van der Waals surface area contributed by atoms with Gasteiger partial charge in [-0.15, -0.1) is 0 Å². The van der Waals surface area contributed by atoms with E-state index >= 15 is 0 Å². The van der Waals surface area contributed by atoms with Crippen LogP contribution in [0.2, 0.25) is 19.6 Å². The van der Waals surface area contributed by atoms with Crippen LogP contribution in [0.1, 0.15) is 105 Å². The number of anilines is 9. The van der Waals surface area contributed by atoms with Crippen LogP contribution in [0.4, 0.5) is 51.2 Å². The summed E-state index contributed by atoms with van der Waals surface area (Å²) in [6, 6.07) is 67.1. The molecular formula is C67H74BN3Si. The van der Waals surface area contributed by atoms with Crippen LogP contribution in [0.25, 0.3) is 11.1 Å². The predicted molar refractivity (Wildman–Crippen MR) is 318 cm³/mol. The van der Waals surface area contributed by atoms with Crippen LogP contribution in [-0.2, 0) is 21.7 Å². The van der Waals surface area contributed by atoms with Gasteiger partial charge in [0.05, 0.1) is 19.4 Å². The lowest BCUT2D eigenvalue weighted by Gasteiger charge is -2.48. The van der Waals surface area contributed by atoms with Gasteiger partial charge in [0, 0.05) is 39.8 Å². The molecule has 5 heteroatoms. The minimum absolute atomic E-state index is 0.0515. The van der Waals surface area contributed by atoms with Crippen molar-refractivity contribution in [3.63, 3.8) is 0 Å². The minimum atomic E-state index is -1.81. The summed E-state index contributed by atoms with van der Waals surface area (Å²) in [4.78, 5) is 7.87. The van der Waals surface area contributed by atoms with Gasteiger partial charge in [-0.1, -0.05) is 229 Å². The summed E-state index contributed by atoms with van der Waals surface area (Å²) in [6.07, 6.45) is 0. The summed E-state index contributed by atoms with van der Waals surface area (Å²) in [5.74, 6) is 0. The van der Waals surface area contributed by atoms with Gasteiger partial charge < -0.3 is 14.7 Å². The Labute approximate surface area is 433 Å². The summed E-state index contributed by atoms with van der Waals surface area (Å²) in [5.41, 5.74) is 22.0. The van der Waals surface area contributed by atoms with Crippen LogP contribution in [0, 0.1) is 0 Å². The molecule has 2 heterocycles. The predicted octanol–water partition coefficient (Wildman–Crippen LogP) is 16.6. The first-order chi connectivity index (χ1) is 33.9. The van der Waals surface area contributed by atoms with Gasteiger partial charge in [-0.05, 0) is 126 Å². The molecule has 0 amide bonds. The average molecular weight is 960 g/mol. The Bertz CT molecular complexity index is 3220. The van der Waals surface area contributed by atoms with Crippen LogP contribution in [0.5, 0.6) is 0 Å². The maximum atomic E-state index is 2.72. The van der Waals surface area contributed by atoms with Crippen molar-refractivity contribution >= 4 is 87.5 Å². The lowest BCUT2D eigenvalue weighted by molar-refractivity contribution is 0.569. The third-order valence-corrected chi connectivity index (χ3v) is 17.1. The Morgan fingerprint density at radius 2 is 0.792 bits per heavy atom. The highest BCUT2D eigenvalue weighted by Crippen LogP contribution is 2.53. The second-order valence-electron chi connectivity index (χ2n) is 25.6. The van der Waals surface area contributed by atoms with E-state index in [1.807, 2.05) is 0 Å². The van der Waals surface area contributed by atoms with Gasteiger partial charge in [-0.3, -0.25) is 0 Å². The molecule has 0 atom stereocenters. The molecule has 0 bridgehead atoms. The Morgan fingerprint density at radius 1 is 0.361 bits per heavy atom. The van der Waals surface area contributed by atoms with Gasteiger partial charge in [0.1, 0.15) is 0 Å². The van der Waals surface area contributed by atoms with Gasteiger partial charge in [0.2, 0.25) is 0 Å². The zero-order chi connectivity index (χ0) is 51.3. The molecule has 0 unspecified atom stereocenters. The zero-order valence-corrected chi connectivity index (χ0v) is 46.7. The second kappa shape index (κ2) is 17.6. The van der Waals surface area contributed by atoms with E-state index < -0.39 is 8.07 Å². The lowest BCUT2D eigenvalue weighted by atomic mass is 9.33. The minimum Gasteiger partial charge on any atom is -0.311 e. The Balaban J connectivity index is 1.43. The van der Waals surface area contributed by atoms with Crippen LogP contribution in [-0.4, -0.2) is 14.8 Å². The van der Waals surface area contributed by atoms with Gasteiger partial charge in [0.25, 0.3) is 6.71 Å².